The van der Waals surface area contributed by atoms with Crippen molar-refractivity contribution in [3.8, 4) is 0 Å². The van der Waals surface area contributed by atoms with Crippen molar-refractivity contribution in [1.29, 1.82) is 0 Å². The van der Waals surface area contributed by atoms with Crippen LogP contribution in [0, 0.1) is 10.2 Å². The van der Waals surface area contributed by atoms with Gasteiger partial charge in [-0.3, -0.25) is 0 Å². The molecule has 0 saturated carbocycles. The van der Waals surface area contributed by atoms with Gasteiger partial charge in [0.15, 0.2) is 0 Å². The molecule has 1 aliphatic heterocycles. The van der Waals surface area contributed by atoms with Crippen LogP contribution in [0.25, 0.3) is 0 Å². The van der Waals surface area contributed by atoms with E-state index in [9.17, 15) is 0 Å². The van der Waals surface area contributed by atoms with E-state index in [2.05, 4.69) is 17.3 Å². The number of likely N-dealkylation sites (N-methyl/N-ethyl adjacent to an activating group) is 1. The van der Waals surface area contributed by atoms with E-state index in [1.807, 2.05) is 0 Å². The molecule has 0 radical (unpaired) electrons. The maximum absolute atomic E-state index is 8.83. The fraction of sp³-hybridized carbons (Fsp3) is 1.00. The average molecular weight is 203 g/mol. The van der Waals surface area contributed by atoms with Gasteiger partial charge in [0.2, 0.25) is 0 Å². The molecule has 0 unspecified atom stereocenters. The zero-order valence-electron chi connectivity index (χ0n) is 6.90. The second-order valence-corrected chi connectivity index (χ2v) is 3.35. The van der Waals surface area contributed by atoms with E-state index < -0.39 is 10.2 Å². The fourth-order valence-corrected chi connectivity index (χ4v) is 0.777. The van der Waals surface area contributed by atoms with Gasteiger partial charge in [-0.05, 0) is 7.05 Å². The Balaban J connectivity index is 0.000000217. The molecule has 0 atom stereocenters. The Hall–Kier alpha value is 0.0500. The second kappa shape index (κ2) is 5.65. The third kappa shape index (κ3) is 12.7. The Labute approximate surface area is 73.1 Å². The zero-order chi connectivity index (χ0) is 9.61. The summed E-state index contributed by atoms with van der Waals surface area (Å²) in [5.41, 5.74) is 0. The molecule has 12 heavy (non-hydrogen) atoms. The van der Waals surface area contributed by atoms with Gasteiger partial charge in [-0.2, -0.15) is 0 Å². The van der Waals surface area contributed by atoms with Crippen LogP contribution in [-0.4, -0.2) is 52.1 Å². The number of nitrogens with one attached hydrogen (secondary N) is 1. The van der Waals surface area contributed by atoms with E-state index in [1.165, 1.54) is 13.1 Å². The van der Waals surface area contributed by atoms with Crippen LogP contribution in [0.2, 0.25) is 0 Å². The second-order valence-electron chi connectivity index (χ2n) is 2.49. The van der Waals surface area contributed by atoms with E-state index in [0.717, 1.165) is 13.1 Å². The first-order valence-corrected chi connectivity index (χ1v) is 4.77. The summed E-state index contributed by atoms with van der Waals surface area (Å²) in [5.74, 6) is 0. The Morgan fingerprint density at radius 2 is 1.58 bits per heavy atom. The number of nitrogens with zero attached hydrogens (tertiary/aromatic N) is 1. The van der Waals surface area contributed by atoms with Crippen molar-refractivity contribution in [1.82, 2.24) is 10.2 Å². The van der Waals surface area contributed by atoms with Crippen LogP contribution >= 0.6 is 0 Å². The molecule has 0 bridgehead atoms. The third-order valence-electron chi connectivity index (χ3n) is 1.34. The van der Waals surface area contributed by atoms with Crippen molar-refractivity contribution >= 4 is 0 Å². The van der Waals surface area contributed by atoms with Gasteiger partial charge in [-0.25, -0.2) is 0 Å². The van der Waals surface area contributed by atoms with E-state index in [4.69, 9.17) is 18.6 Å². The van der Waals surface area contributed by atoms with Crippen molar-refractivity contribution in [2.45, 2.75) is 0 Å². The Morgan fingerprint density at radius 3 is 1.75 bits per heavy atom. The molecular formula is C5H15ClN2O4. The quantitative estimate of drug-likeness (QED) is 0.328. The van der Waals surface area contributed by atoms with E-state index >= 15 is 0 Å². The normalized spacial score (nSPS) is 21.1. The molecular weight excluding hydrogens is 188 g/mol. The standard InChI is InChI=1S/C5H12N2.ClH3O4/c1-7-4-2-6-3-5-7;2-1(3,4)5/h6H,2-5H2,1H3;2-4H. The third-order valence-corrected chi connectivity index (χ3v) is 1.34. The molecule has 1 saturated heterocycles. The van der Waals surface area contributed by atoms with Crippen molar-refractivity contribution in [3.05, 3.63) is 0 Å². The first-order chi connectivity index (χ1) is 5.39. The number of halogens is 1. The summed E-state index contributed by atoms with van der Waals surface area (Å²) in [6, 6.07) is 0. The summed E-state index contributed by atoms with van der Waals surface area (Å²) >= 11 is 0. The summed E-state index contributed by atoms with van der Waals surface area (Å²) in [7, 11) is -2.04. The average Bonchev–Trinajstić information content (AvgIpc) is 1.85. The van der Waals surface area contributed by atoms with Crippen LogP contribution in [0.15, 0.2) is 0 Å². The Kier molecular flexibility index (Phi) is 5.68. The molecule has 1 rings (SSSR count). The van der Waals surface area contributed by atoms with Gasteiger partial charge in [-0.15, -0.1) is 0 Å². The molecule has 0 aromatic rings. The SMILES string of the molecule is CN1CCNCC1.[O-][Cl+](O)(O)O. The maximum atomic E-state index is 8.83. The van der Waals surface area contributed by atoms with Gasteiger partial charge in [-0.1, -0.05) is 0 Å². The summed E-state index contributed by atoms with van der Waals surface area (Å²) in [6.45, 7) is 4.74. The summed E-state index contributed by atoms with van der Waals surface area (Å²) < 4.78 is 30.2. The minimum absolute atomic E-state index is 1.16. The van der Waals surface area contributed by atoms with Crippen molar-refractivity contribution in [2.24, 2.45) is 0 Å². The molecule has 1 aliphatic rings. The van der Waals surface area contributed by atoms with Crippen molar-refractivity contribution in [3.63, 3.8) is 0 Å². The number of hydrogen-bond donors (Lipinski definition) is 4. The van der Waals surface area contributed by atoms with Gasteiger partial charge in [0.05, 0.1) is 0 Å². The minimum atomic E-state index is -4.19. The van der Waals surface area contributed by atoms with Gasteiger partial charge < -0.3 is 10.2 Å². The first-order valence-electron chi connectivity index (χ1n) is 3.45. The topological polar surface area (TPSA) is 99.0 Å². The molecule has 6 nitrogen and oxygen atoms in total. The number of piperazine rings is 1. The molecule has 0 spiro atoms. The zero-order valence-corrected chi connectivity index (χ0v) is 7.66. The van der Waals surface area contributed by atoms with Crippen LogP contribution < -0.4 is 9.98 Å². The van der Waals surface area contributed by atoms with Crippen LogP contribution in [0.1, 0.15) is 0 Å². The predicted octanol–water partition coefficient (Wildman–Crippen LogP) is -3.34. The number of rotatable bonds is 0. The summed E-state index contributed by atoms with van der Waals surface area (Å²) in [4.78, 5) is 2.33. The fourth-order valence-electron chi connectivity index (χ4n) is 0.777. The molecule has 1 fully saturated rings. The van der Waals surface area contributed by atoms with E-state index in [-0.39, 0.29) is 0 Å². The van der Waals surface area contributed by atoms with Gasteiger partial charge >= 0.3 is 28.9 Å². The molecule has 76 valence electrons. The monoisotopic (exact) mass is 202 g/mol. The summed E-state index contributed by atoms with van der Waals surface area (Å²) in [5, 5.41) is 3.27. The predicted molar refractivity (Wildman–Crippen MR) is 37.0 cm³/mol. The Bertz CT molecular complexity index is 107. The summed E-state index contributed by atoms with van der Waals surface area (Å²) in [6.07, 6.45) is 0. The van der Waals surface area contributed by atoms with Crippen LogP contribution in [-0.2, 0) is 0 Å². The van der Waals surface area contributed by atoms with Gasteiger partial charge in [0.25, 0.3) is 0 Å². The van der Waals surface area contributed by atoms with E-state index in [0.29, 0.717) is 0 Å². The molecule has 4 N–H and O–H groups in total. The molecule has 0 aromatic heterocycles. The molecule has 7 heteroatoms. The molecule has 1 heterocycles. The molecule has 0 aliphatic carbocycles. The van der Waals surface area contributed by atoms with Crippen LogP contribution in [0.3, 0.4) is 0 Å². The Morgan fingerprint density at radius 1 is 1.25 bits per heavy atom. The van der Waals surface area contributed by atoms with Crippen molar-refractivity contribution < 1.29 is 28.9 Å². The van der Waals surface area contributed by atoms with Gasteiger partial charge in [0, 0.05) is 26.2 Å². The van der Waals surface area contributed by atoms with Crippen molar-refractivity contribution in [2.75, 3.05) is 33.2 Å². The first kappa shape index (κ1) is 12.0. The van der Waals surface area contributed by atoms with Gasteiger partial charge in [0.1, 0.15) is 0 Å². The molecule has 0 aromatic carbocycles. The molecule has 0 amide bonds. The van der Waals surface area contributed by atoms with Crippen LogP contribution in [0.4, 0.5) is 0 Å². The van der Waals surface area contributed by atoms with E-state index in [1.54, 1.807) is 0 Å². The van der Waals surface area contributed by atoms with Crippen LogP contribution in [0.5, 0.6) is 0 Å². The number of hydrogen-bond acceptors (Lipinski definition) is 6.